The van der Waals surface area contributed by atoms with E-state index < -0.39 is 0 Å². The number of halogens is 2. The first-order valence-electron chi connectivity index (χ1n) is 3.70. The van der Waals surface area contributed by atoms with Crippen LogP contribution in [0.5, 0.6) is 0 Å². The van der Waals surface area contributed by atoms with Gasteiger partial charge in [-0.15, -0.1) is 12.6 Å². The van der Waals surface area contributed by atoms with Gasteiger partial charge in [-0.1, -0.05) is 13.8 Å². The van der Waals surface area contributed by atoms with Gasteiger partial charge in [0.25, 0.3) is 0 Å². The van der Waals surface area contributed by atoms with Crippen molar-refractivity contribution in [3.8, 4) is 0 Å². The van der Waals surface area contributed by atoms with Crippen LogP contribution in [0.3, 0.4) is 0 Å². The van der Waals surface area contributed by atoms with Gasteiger partial charge in [0.15, 0.2) is 0 Å². The minimum atomic E-state index is -0.267. The third-order valence-electron chi connectivity index (χ3n) is 1.71. The highest BCUT2D eigenvalue weighted by Crippen LogP contribution is 2.28. The molecule has 66 valence electrons. The third kappa shape index (κ3) is 2.02. The van der Waals surface area contributed by atoms with Crippen molar-refractivity contribution in [3.05, 3.63) is 28.0 Å². The Morgan fingerprint density at radius 2 is 2.00 bits per heavy atom. The Hall–Kier alpha value is -0.0200. The van der Waals surface area contributed by atoms with Crippen LogP contribution in [0.25, 0.3) is 0 Å². The number of hydrogen-bond acceptors (Lipinski definition) is 1. The van der Waals surface area contributed by atoms with E-state index in [1.165, 1.54) is 6.07 Å². The fraction of sp³-hybridized carbons (Fsp3) is 0.333. The topological polar surface area (TPSA) is 0 Å². The molecular formula is C9H10BrFS. The average molecular weight is 249 g/mol. The SMILES string of the molecule is CC(C)c1cc(F)c(S)c(Br)c1. The number of rotatable bonds is 1. The lowest BCUT2D eigenvalue weighted by molar-refractivity contribution is 0.596. The maximum atomic E-state index is 13.1. The highest BCUT2D eigenvalue weighted by Gasteiger charge is 2.07. The highest BCUT2D eigenvalue weighted by molar-refractivity contribution is 9.10. The van der Waals surface area contributed by atoms with Crippen molar-refractivity contribution in [3.63, 3.8) is 0 Å². The summed E-state index contributed by atoms with van der Waals surface area (Å²) in [5.74, 6) is 0.0705. The Balaban J connectivity index is 3.21. The van der Waals surface area contributed by atoms with Crippen LogP contribution >= 0.6 is 28.6 Å². The summed E-state index contributed by atoms with van der Waals surface area (Å²) in [5, 5.41) is 0. The number of hydrogen-bond donors (Lipinski definition) is 1. The lowest BCUT2D eigenvalue weighted by atomic mass is 10.0. The molecule has 1 rings (SSSR count). The van der Waals surface area contributed by atoms with Crippen LogP contribution in [0.2, 0.25) is 0 Å². The fourth-order valence-corrected chi connectivity index (χ4v) is 1.50. The molecule has 0 saturated heterocycles. The first-order chi connectivity index (χ1) is 5.52. The van der Waals surface area contributed by atoms with Gasteiger partial charge in [-0.2, -0.15) is 0 Å². The van der Waals surface area contributed by atoms with Gasteiger partial charge in [0, 0.05) is 4.47 Å². The number of benzene rings is 1. The molecule has 0 unspecified atom stereocenters. The van der Waals surface area contributed by atoms with Crippen LogP contribution in [0.15, 0.2) is 21.5 Å². The summed E-state index contributed by atoms with van der Waals surface area (Å²) in [4.78, 5) is 0.374. The molecule has 0 aliphatic carbocycles. The van der Waals surface area contributed by atoms with Gasteiger partial charge >= 0.3 is 0 Å². The van der Waals surface area contributed by atoms with Crippen molar-refractivity contribution in [2.24, 2.45) is 0 Å². The Morgan fingerprint density at radius 1 is 1.42 bits per heavy atom. The van der Waals surface area contributed by atoms with Crippen LogP contribution < -0.4 is 0 Å². The predicted molar refractivity (Wildman–Crippen MR) is 55.4 cm³/mol. The van der Waals surface area contributed by atoms with Crippen LogP contribution in [-0.2, 0) is 0 Å². The minimum absolute atomic E-state index is 0.267. The Labute approximate surface area is 85.7 Å². The second-order valence-corrected chi connectivity index (χ2v) is 4.29. The molecule has 3 heteroatoms. The Morgan fingerprint density at radius 3 is 2.42 bits per heavy atom. The van der Waals surface area contributed by atoms with Crippen molar-refractivity contribution in [1.29, 1.82) is 0 Å². The lowest BCUT2D eigenvalue weighted by Crippen LogP contribution is -1.90. The molecule has 1 aromatic rings. The maximum Gasteiger partial charge on any atom is 0.137 e. The van der Waals surface area contributed by atoms with Crippen molar-refractivity contribution in [1.82, 2.24) is 0 Å². The standard InChI is InChI=1S/C9H10BrFS/c1-5(2)6-3-7(10)9(12)8(11)4-6/h3-5,12H,1-2H3. The fourth-order valence-electron chi connectivity index (χ4n) is 0.918. The van der Waals surface area contributed by atoms with Gasteiger partial charge < -0.3 is 0 Å². The molecule has 1 aromatic carbocycles. The summed E-state index contributed by atoms with van der Waals surface area (Å²) < 4.78 is 13.8. The van der Waals surface area contributed by atoms with E-state index in [0.29, 0.717) is 10.8 Å². The number of thiol groups is 1. The molecular weight excluding hydrogens is 239 g/mol. The Bertz CT molecular complexity index is 274. The van der Waals surface area contributed by atoms with E-state index in [1.54, 1.807) is 0 Å². The minimum Gasteiger partial charge on any atom is -0.206 e. The van der Waals surface area contributed by atoms with Gasteiger partial charge in [-0.25, -0.2) is 4.39 Å². The first kappa shape index (κ1) is 10.1. The van der Waals surface area contributed by atoms with Crippen molar-refractivity contribution in [2.45, 2.75) is 24.7 Å². The van der Waals surface area contributed by atoms with E-state index in [0.717, 1.165) is 10.0 Å². The Kier molecular flexibility index (Phi) is 3.18. The molecule has 0 bridgehead atoms. The summed E-state index contributed by atoms with van der Waals surface area (Å²) in [6, 6.07) is 3.42. The van der Waals surface area contributed by atoms with Gasteiger partial charge in [-0.05, 0) is 39.5 Å². The van der Waals surface area contributed by atoms with E-state index in [-0.39, 0.29) is 5.82 Å². The van der Waals surface area contributed by atoms with E-state index in [1.807, 2.05) is 19.9 Å². The molecule has 0 aromatic heterocycles. The van der Waals surface area contributed by atoms with E-state index in [4.69, 9.17) is 0 Å². The van der Waals surface area contributed by atoms with E-state index in [2.05, 4.69) is 28.6 Å². The summed E-state index contributed by atoms with van der Waals surface area (Å²) in [5.41, 5.74) is 0.983. The molecule has 0 fully saturated rings. The van der Waals surface area contributed by atoms with Crippen molar-refractivity contribution in [2.75, 3.05) is 0 Å². The summed E-state index contributed by atoms with van der Waals surface area (Å²) in [7, 11) is 0. The molecule has 0 atom stereocenters. The smallest absolute Gasteiger partial charge is 0.137 e. The summed E-state index contributed by atoms with van der Waals surface area (Å²) in [6.45, 7) is 4.05. The largest absolute Gasteiger partial charge is 0.206 e. The monoisotopic (exact) mass is 248 g/mol. The first-order valence-corrected chi connectivity index (χ1v) is 4.94. The lowest BCUT2D eigenvalue weighted by Gasteiger charge is -2.07. The molecule has 0 spiro atoms. The zero-order valence-corrected chi connectivity index (χ0v) is 9.42. The van der Waals surface area contributed by atoms with Gasteiger partial charge in [0.05, 0.1) is 4.90 Å². The third-order valence-corrected chi connectivity index (χ3v) is 3.09. The predicted octanol–water partition coefficient (Wildman–Crippen LogP) is 4.00. The zero-order valence-electron chi connectivity index (χ0n) is 6.94. The molecule has 0 aliphatic rings. The molecule has 12 heavy (non-hydrogen) atoms. The molecule has 0 aliphatic heterocycles. The normalized spacial score (nSPS) is 10.8. The van der Waals surface area contributed by atoms with Gasteiger partial charge in [0.1, 0.15) is 5.82 Å². The van der Waals surface area contributed by atoms with Gasteiger partial charge in [0.2, 0.25) is 0 Å². The zero-order chi connectivity index (χ0) is 9.30. The summed E-state index contributed by atoms with van der Waals surface area (Å²) in [6.07, 6.45) is 0. The molecule has 0 nitrogen and oxygen atoms in total. The molecule has 0 saturated carbocycles. The quantitative estimate of drug-likeness (QED) is 0.714. The van der Waals surface area contributed by atoms with E-state index >= 15 is 0 Å². The van der Waals surface area contributed by atoms with E-state index in [9.17, 15) is 4.39 Å². The molecule has 0 radical (unpaired) electrons. The van der Waals surface area contributed by atoms with Crippen LogP contribution in [0.1, 0.15) is 25.3 Å². The second kappa shape index (κ2) is 3.79. The van der Waals surface area contributed by atoms with Crippen molar-refractivity contribution >= 4 is 28.6 Å². The van der Waals surface area contributed by atoms with Crippen molar-refractivity contribution < 1.29 is 4.39 Å². The summed E-state index contributed by atoms with van der Waals surface area (Å²) >= 11 is 7.25. The van der Waals surface area contributed by atoms with Crippen LogP contribution in [0, 0.1) is 5.82 Å². The average Bonchev–Trinajstić information content (AvgIpc) is 1.99. The maximum absolute atomic E-state index is 13.1. The molecule has 0 amide bonds. The second-order valence-electron chi connectivity index (χ2n) is 2.99. The van der Waals surface area contributed by atoms with Gasteiger partial charge in [-0.3, -0.25) is 0 Å². The highest BCUT2D eigenvalue weighted by atomic mass is 79.9. The molecule has 0 heterocycles. The van der Waals surface area contributed by atoms with Crippen LogP contribution in [-0.4, -0.2) is 0 Å². The van der Waals surface area contributed by atoms with Crippen LogP contribution in [0.4, 0.5) is 4.39 Å². The molecule has 0 N–H and O–H groups in total.